The van der Waals surface area contributed by atoms with Gasteiger partial charge in [-0.2, -0.15) is 0 Å². The summed E-state index contributed by atoms with van der Waals surface area (Å²) in [6.45, 7) is 3.71. The van der Waals surface area contributed by atoms with Gasteiger partial charge in [0.15, 0.2) is 0 Å². The fraction of sp³-hybridized carbons (Fsp3) is 0.350. The summed E-state index contributed by atoms with van der Waals surface area (Å²) in [4.78, 5) is 14.9. The van der Waals surface area contributed by atoms with Crippen LogP contribution >= 0.6 is 22.6 Å². The Morgan fingerprint density at radius 3 is 2.62 bits per heavy atom. The molecule has 5 nitrogen and oxygen atoms in total. The van der Waals surface area contributed by atoms with Crippen molar-refractivity contribution >= 4 is 28.5 Å². The van der Waals surface area contributed by atoms with Crippen LogP contribution in [0.3, 0.4) is 0 Å². The Kier molecular flexibility index (Phi) is 6.87. The minimum atomic E-state index is -0.0460. The number of hydrogen-bond donors (Lipinski definition) is 1. The molecule has 1 heterocycles. The quantitative estimate of drug-likeness (QED) is 0.666. The number of nitrogens with zero attached hydrogens (tertiary/aromatic N) is 1. The number of carbonyl (C=O) groups excluding carboxylic acids is 1. The predicted molar refractivity (Wildman–Crippen MR) is 110 cm³/mol. The van der Waals surface area contributed by atoms with Crippen LogP contribution < -0.4 is 10.1 Å². The van der Waals surface area contributed by atoms with E-state index in [-0.39, 0.29) is 11.9 Å². The lowest BCUT2D eigenvalue weighted by Crippen LogP contribution is -2.43. The first-order chi connectivity index (χ1) is 12.7. The summed E-state index contributed by atoms with van der Waals surface area (Å²) >= 11 is 2.22. The minimum Gasteiger partial charge on any atom is -0.497 e. The Balaban J connectivity index is 1.73. The monoisotopic (exact) mass is 466 g/mol. The number of morpholine rings is 1. The Labute approximate surface area is 167 Å². The first-order valence-electron chi connectivity index (χ1n) is 8.67. The van der Waals surface area contributed by atoms with Gasteiger partial charge in [0.1, 0.15) is 5.75 Å². The SMILES string of the molecule is COc1ccc(C(CNC(=O)c2cccc(I)c2)N2CCOCC2)cc1. The van der Waals surface area contributed by atoms with Gasteiger partial charge in [-0.1, -0.05) is 18.2 Å². The van der Waals surface area contributed by atoms with E-state index in [2.05, 4.69) is 44.9 Å². The molecule has 2 aromatic carbocycles. The molecule has 1 fully saturated rings. The van der Waals surface area contributed by atoms with Gasteiger partial charge >= 0.3 is 0 Å². The number of carbonyl (C=O) groups is 1. The molecule has 138 valence electrons. The highest BCUT2D eigenvalue weighted by Crippen LogP contribution is 2.24. The van der Waals surface area contributed by atoms with Crippen LogP contribution in [0, 0.1) is 3.57 Å². The van der Waals surface area contributed by atoms with Crippen LogP contribution in [0.1, 0.15) is 22.0 Å². The molecule has 0 aliphatic carbocycles. The maximum absolute atomic E-state index is 12.5. The van der Waals surface area contributed by atoms with Gasteiger partial charge in [-0.05, 0) is 58.5 Å². The van der Waals surface area contributed by atoms with E-state index in [0.717, 1.165) is 41.2 Å². The van der Waals surface area contributed by atoms with Crippen LogP contribution in [0.5, 0.6) is 5.75 Å². The molecule has 1 aliphatic rings. The number of ether oxygens (including phenoxy) is 2. The number of rotatable bonds is 6. The van der Waals surface area contributed by atoms with Crippen LogP contribution in [0.25, 0.3) is 0 Å². The topological polar surface area (TPSA) is 50.8 Å². The minimum absolute atomic E-state index is 0.0460. The first-order valence-corrected chi connectivity index (χ1v) is 9.75. The standard InChI is InChI=1S/C20H23IN2O3/c1-25-18-7-5-15(6-8-18)19(23-9-11-26-12-10-23)14-22-20(24)16-3-2-4-17(21)13-16/h2-8,13,19H,9-12,14H2,1H3,(H,22,24). The molecule has 1 saturated heterocycles. The van der Waals surface area contributed by atoms with Crippen LogP contribution in [0.2, 0.25) is 0 Å². The van der Waals surface area contributed by atoms with E-state index < -0.39 is 0 Å². The van der Waals surface area contributed by atoms with Crippen molar-refractivity contribution < 1.29 is 14.3 Å². The van der Waals surface area contributed by atoms with E-state index >= 15 is 0 Å². The second-order valence-electron chi connectivity index (χ2n) is 6.16. The number of benzene rings is 2. The molecule has 1 atom stereocenters. The van der Waals surface area contributed by atoms with Crippen LogP contribution in [0.15, 0.2) is 48.5 Å². The maximum Gasteiger partial charge on any atom is 0.251 e. The molecule has 6 heteroatoms. The highest BCUT2D eigenvalue weighted by Gasteiger charge is 2.23. The average Bonchev–Trinajstić information content (AvgIpc) is 2.69. The molecular formula is C20H23IN2O3. The van der Waals surface area contributed by atoms with Gasteiger partial charge in [0.05, 0.1) is 26.4 Å². The van der Waals surface area contributed by atoms with Crippen molar-refractivity contribution in [3.8, 4) is 5.75 Å². The summed E-state index contributed by atoms with van der Waals surface area (Å²) in [6, 6.07) is 15.8. The summed E-state index contributed by atoms with van der Waals surface area (Å²) in [5, 5.41) is 3.09. The Hall–Kier alpha value is -1.64. The molecule has 1 unspecified atom stereocenters. The third kappa shape index (κ3) is 4.96. The van der Waals surface area contributed by atoms with Crippen molar-refractivity contribution in [3.63, 3.8) is 0 Å². The summed E-state index contributed by atoms with van der Waals surface area (Å²) in [6.07, 6.45) is 0. The zero-order valence-electron chi connectivity index (χ0n) is 14.8. The van der Waals surface area contributed by atoms with Crippen molar-refractivity contribution in [2.75, 3.05) is 40.0 Å². The van der Waals surface area contributed by atoms with Crippen molar-refractivity contribution in [1.82, 2.24) is 10.2 Å². The average molecular weight is 466 g/mol. The molecule has 1 amide bonds. The van der Waals surface area contributed by atoms with E-state index in [0.29, 0.717) is 12.1 Å². The highest BCUT2D eigenvalue weighted by molar-refractivity contribution is 14.1. The van der Waals surface area contributed by atoms with Crippen molar-refractivity contribution in [1.29, 1.82) is 0 Å². The van der Waals surface area contributed by atoms with Gasteiger partial charge in [-0.3, -0.25) is 9.69 Å². The molecule has 26 heavy (non-hydrogen) atoms. The zero-order valence-corrected chi connectivity index (χ0v) is 16.9. The predicted octanol–water partition coefficient (Wildman–Crippen LogP) is 3.10. The number of methoxy groups -OCH3 is 1. The molecular weight excluding hydrogens is 443 g/mol. The van der Waals surface area contributed by atoms with E-state index in [4.69, 9.17) is 9.47 Å². The molecule has 0 spiro atoms. The first kappa shape index (κ1) is 19.1. The molecule has 0 radical (unpaired) electrons. The molecule has 1 N–H and O–H groups in total. The number of halogens is 1. The largest absolute Gasteiger partial charge is 0.497 e. The Morgan fingerprint density at radius 2 is 1.96 bits per heavy atom. The van der Waals surface area contributed by atoms with Gasteiger partial charge in [0, 0.05) is 28.8 Å². The van der Waals surface area contributed by atoms with Gasteiger partial charge in [0.2, 0.25) is 0 Å². The Bertz CT molecular complexity index is 730. The van der Waals surface area contributed by atoms with Gasteiger partial charge in [0.25, 0.3) is 5.91 Å². The van der Waals surface area contributed by atoms with Crippen molar-refractivity contribution in [2.45, 2.75) is 6.04 Å². The number of nitrogens with one attached hydrogen (secondary N) is 1. The third-order valence-electron chi connectivity index (χ3n) is 4.53. The van der Waals surface area contributed by atoms with Crippen LogP contribution in [0.4, 0.5) is 0 Å². The fourth-order valence-corrected chi connectivity index (χ4v) is 3.64. The smallest absolute Gasteiger partial charge is 0.251 e. The number of amides is 1. The van der Waals surface area contributed by atoms with Crippen LogP contribution in [-0.2, 0) is 4.74 Å². The summed E-state index contributed by atoms with van der Waals surface area (Å²) in [5.41, 5.74) is 1.85. The molecule has 0 aromatic heterocycles. The number of hydrogen-bond acceptors (Lipinski definition) is 4. The zero-order chi connectivity index (χ0) is 18.4. The van der Waals surface area contributed by atoms with Gasteiger partial charge in [-0.15, -0.1) is 0 Å². The van der Waals surface area contributed by atoms with E-state index in [9.17, 15) is 4.79 Å². The summed E-state index contributed by atoms with van der Waals surface area (Å²) in [5.74, 6) is 0.785. The summed E-state index contributed by atoms with van der Waals surface area (Å²) in [7, 11) is 1.66. The van der Waals surface area contributed by atoms with E-state index in [1.54, 1.807) is 7.11 Å². The van der Waals surface area contributed by atoms with Gasteiger partial charge in [-0.25, -0.2) is 0 Å². The second kappa shape index (κ2) is 9.34. The third-order valence-corrected chi connectivity index (χ3v) is 5.20. The summed E-state index contributed by atoms with van der Waals surface area (Å²) < 4.78 is 11.8. The lowest BCUT2D eigenvalue weighted by atomic mass is 10.0. The normalized spacial score (nSPS) is 16.1. The fourth-order valence-electron chi connectivity index (χ4n) is 3.09. The lowest BCUT2D eigenvalue weighted by molar-refractivity contribution is 0.0162. The van der Waals surface area contributed by atoms with Crippen LogP contribution in [-0.4, -0.2) is 50.8 Å². The Morgan fingerprint density at radius 1 is 1.23 bits per heavy atom. The molecule has 0 bridgehead atoms. The second-order valence-corrected chi connectivity index (χ2v) is 7.40. The molecule has 2 aromatic rings. The van der Waals surface area contributed by atoms with E-state index in [1.807, 2.05) is 36.4 Å². The molecule has 1 aliphatic heterocycles. The van der Waals surface area contributed by atoms with Crippen molar-refractivity contribution in [2.24, 2.45) is 0 Å². The lowest BCUT2D eigenvalue weighted by Gasteiger charge is -2.35. The molecule has 3 rings (SSSR count). The van der Waals surface area contributed by atoms with Crippen molar-refractivity contribution in [3.05, 3.63) is 63.2 Å². The van der Waals surface area contributed by atoms with E-state index in [1.165, 1.54) is 0 Å². The molecule has 0 saturated carbocycles. The maximum atomic E-state index is 12.5. The highest BCUT2D eigenvalue weighted by atomic mass is 127. The van der Waals surface area contributed by atoms with Gasteiger partial charge < -0.3 is 14.8 Å².